The lowest BCUT2D eigenvalue weighted by atomic mass is 9.78. The van der Waals surface area contributed by atoms with Gasteiger partial charge in [-0.25, -0.2) is 9.69 Å². The molecule has 2 heterocycles. The highest BCUT2D eigenvalue weighted by Gasteiger charge is 2.62. The van der Waals surface area contributed by atoms with Gasteiger partial charge in [-0.15, -0.1) is 0 Å². The zero-order valence-electron chi connectivity index (χ0n) is 21.1. The highest BCUT2D eigenvalue weighted by Crippen LogP contribution is 2.44. The highest BCUT2D eigenvalue weighted by atomic mass is 16.6. The number of piperazine rings is 1. The topological polar surface area (TPSA) is 93.2 Å². The number of esters is 1. The molecule has 2 aromatic rings. The Bertz CT molecular complexity index is 1140. The third-order valence-corrected chi connectivity index (χ3v) is 6.71. The largest absolute Gasteiger partial charge is 0.468 e. The molecule has 8 nitrogen and oxygen atoms in total. The molecule has 0 N–H and O–H groups in total. The summed E-state index contributed by atoms with van der Waals surface area (Å²) in [7, 11) is 1.26. The average molecular weight is 493 g/mol. The Labute approximate surface area is 211 Å². The Kier molecular flexibility index (Phi) is 6.89. The normalized spacial score (nSPS) is 23.9. The molecule has 4 rings (SSSR count). The van der Waals surface area contributed by atoms with Crippen LogP contribution in [0.5, 0.6) is 0 Å². The van der Waals surface area contributed by atoms with Crippen LogP contribution in [0, 0.1) is 5.41 Å². The second kappa shape index (κ2) is 9.76. The number of rotatable bonds is 5. The molecule has 8 heteroatoms. The zero-order chi connectivity index (χ0) is 26.1. The zero-order valence-corrected chi connectivity index (χ0v) is 21.1. The van der Waals surface area contributed by atoms with Gasteiger partial charge in [0.05, 0.1) is 19.7 Å². The van der Waals surface area contributed by atoms with Crippen LogP contribution in [0.2, 0.25) is 0 Å². The number of hydrogen-bond acceptors (Lipinski definition) is 6. The summed E-state index contributed by atoms with van der Waals surface area (Å²) in [5, 5.41) is 0. The van der Waals surface area contributed by atoms with Crippen LogP contribution in [-0.4, -0.2) is 65.0 Å². The quantitative estimate of drug-likeness (QED) is 0.469. The van der Waals surface area contributed by atoms with Gasteiger partial charge >= 0.3 is 12.1 Å². The van der Waals surface area contributed by atoms with Gasteiger partial charge in [0, 0.05) is 6.42 Å². The first kappa shape index (κ1) is 25.4. The molecule has 2 aromatic carbocycles. The minimum absolute atomic E-state index is 0.0433. The molecule has 0 radical (unpaired) electrons. The van der Waals surface area contributed by atoms with E-state index in [4.69, 9.17) is 9.47 Å². The van der Waals surface area contributed by atoms with Gasteiger partial charge in [-0.1, -0.05) is 60.7 Å². The molecular formula is C28H32N2O6. The summed E-state index contributed by atoms with van der Waals surface area (Å²) in [5.74, 6) is -1.60. The molecule has 2 aliphatic rings. The lowest BCUT2D eigenvalue weighted by molar-refractivity contribution is -0.162. The van der Waals surface area contributed by atoms with Gasteiger partial charge in [0.15, 0.2) is 5.41 Å². The molecule has 36 heavy (non-hydrogen) atoms. The van der Waals surface area contributed by atoms with E-state index < -0.39 is 47.0 Å². The third kappa shape index (κ3) is 4.85. The number of carbonyl (C=O) groups is 4. The van der Waals surface area contributed by atoms with Gasteiger partial charge in [0.25, 0.3) is 5.91 Å². The number of methoxy groups -OCH3 is 1. The molecule has 3 amide bonds. The molecule has 0 spiro atoms. The lowest BCUT2D eigenvalue weighted by Crippen LogP contribution is -2.63. The molecule has 2 fully saturated rings. The summed E-state index contributed by atoms with van der Waals surface area (Å²) in [4.78, 5) is 56.5. The maximum absolute atomic E-state index is 14.1. The van der Waals surface area contributed by atoms with E-state index in [1.54, 1.807) is 20.8 Å². The van der Waals surface area contributed by atoms with E-state index in [1.807, 2.05) is 60.7 Å². The van der Waals surface area contributed by atoms with Crippen molar-refractivity contribution in [2.24, 2.45) is 5.41 Å². The smallest absolute Gasteiger partial charge is 0.417 e. The molecule has 190 valence electrons. The summed E-state index contributed by atoms with van der Waals surface area (Å²) < 4.78 is 10.6. The van der Waals surface area contributed by atoms with Crippen LogP contribution in [0.3, 0.4) is 0 Å². The Morgan fingerprint density at radius 1 is 0.972 bits per heavy atom. The van der Waals surface area contributed by atoms with Crippen molar-refractivity contribution in [2.75, 3.05) is 13.7 Å². The molecule has 0 aromatic heterocycles. The number of hydrogen-bond donors (Lipinski definition) is 0. The number of ether oxygens (including phenoxy) is 2. The summed E-state index contributed by atoms with van der Waals surface area (Å²) in [5.41, 5.74) is -0.629. The molecule has 0 saturated carbocycles. The van der Waals surface area contributed by atoms with Crippen molar-refractivity contribution in [2.45, 2.75) is 57.7 Å². The van der Waals surface area contributed by atoms with Crippen molar-refractivity contribution in [1.29, 1.82) is 0 Å². The number of amides is 3. The van der Waals surface area contributed by atoms with Crippen LogP contribution in [0.25, 0.3) is 0 Å². The monoisotopic (exact) mass is 492 g/mol. The number of nitrogens with zero attached hydrogens (tertiary/aromatic N) is 2. The van der Waals surface area contributed by atoms with E-state index in [1.165, 1.54) is 12.0 Å². The number of benzene rings is 2. The Morgan fingerprint density at radius 2 is 1.56 bits per heavy atom. The van der Waals surface area contributed by atoms with Crippen LogP contribution in [0.4, 0.5) is 4.79 Å². The third-order valence-electron chi connectivity index (χ3n) is 6.71. The van der Waals surface area contributed by atoms with Crippen LogP contribution in [0.15, 0.2) is 60.7 Å². The minimum Gasteiger partial charge on any atom is -0.468 e. The predicted octanol–water partition coefficient (Wildman–Crippen LogP) is 3.38. The van der Waals surface area contributed by atoms with Crippen molar-refractivity contribution < 1.29 is 28.7 Å². The molecular weight excluding hydrogens is 460 g/mol. The SMILES string of the molecule is COC(=O)[C@]1(Cc2ccccc2)C[C@@H]2CN(C(=O)OC(C)(C)C)C(=O)[C@H](Cc3ccccc3)N2C1=O. The number of imide groups is 1. The Morgan fingerprint density at radius 3 is 2.11 bits per heavy atom. The maximum atomic E-state index is 14.1. The molecule has 0 bridgehead atoms. The summed E-state index contributed by atoms with van der Waals surface area (Å²) in [6, 6.07) is 17.1. The second-order valence-corrected chi connectivity index (χ2v) is 10.4. The van der Waals surface area contributed by atoms with Crippen molar-refractivity contribution in [3.05, 3.63) is 71.8 Å². The first-order chi connectivity index (χ1) is 17.1. The van der Waals surface area contributed by atoms with E-state index in [9.17, 15) is 19.2 Å². The fourth-order valence-electron chi connectivity index (χ4n) is 5.18. The first-order valence-corrected chi connectivity index (χ1v) is 12.1. The first-order valence-electron chi connectivity index (χ1n) is 12.1. The van der Waals surface area contributed by atoms with Crippen LogP contribution >= 0.6 is 0 Å². The van der Waals surface area contributed by atoms with E-state index in [-0.39, 0.29) is 25.8 Å². The second-order valence-electron chi connectivity index (χ2n) is 10.4. The number of fused-ring (bicyclic) bond motifs is 1. The summed E-state index contributed by atoms with van der Waals surface area (Å²) >= 11 is 0. The minimum atomic E-state index is -1.49. The molecule has 3 atom stereocenters. The molecule has 0 unspecified atom stereocenters. The van der Waals surface area contributed by atoms with Gasteiger partial charge in [-0.2, -0.15) is 0 Å². The van der Waals surface area contributed by atoms with Gasteiger partial charge in [0.1, 0.15) is 11.6 Å². The van der Waals surface area contributed by atoms with Gasteiger partial charge < -0.3 is 14.4 Å². The Balaban J connectivity index is 1.74. The van der Waals surface area contributed by atoms with Crippen molar-refractivity contribution in [3.63, 3.8) is 0 Å². The van der Waals surface area contributed by atoms with E-state index in [2.05, 4.69) is 0 Å². The summed E-state index contributed by atoms with van der Waals surface area (Å²) in [6.07, 6.45) is -0.267. The predicted molar refractivity (Wildman–Crippen MR) is 132 cm³/mol. The van der Waals surface area contributed by atoms with Crippen molar-refractivity contribution >= 4 is 23.9 Å². The lowest BCUT2D eigenvalue weighted by Gasteiger charge is -2.42. The van der Waals surface area contributed by atoms with Crippen molar-refractivity contribution in [3.8, 4) is 0 Å². The fraction of sp³-hybridized carbons (Fsp3) is 0.429. The van der Waals surface area contributed by atoms with Crippen LogP contribution < -0.4 is 0 Å². The van der Waals surface area contributed by atoms with Crippen LogP contribution in [0.1, 0.15) is 38.3 Å². The van der Waals surface area contributed by atoms with E-state index in [0.29, 0.717) is 0 Å². The Hall–Kier alpha value is -3.68. The van der Waals surface area contributed by atoms with Gasteiger partial charge in [0.2, 0.25) is 5.91 Å². The summed E-state index contributed by atoms with van der Waals surface area (Å²) in [6.45, 7) is 5.15. The molecule has 2 saturated heterocycles. The van der Waals surface area contributed by atoms with Crippen LogP contribution in [-0.2, 0) is 36.7 Å². The maximum Gasteiger partial charge on any atom is 0.417 e. The average Bonchev–Trinajstić information content (AvgIpc) is 3.12. The number of carbonyl (C=O) groups excluding carboxylic acids is 4. The van der Waals surface area contributed by atoms with Gasteiger partial charge in [-0.3, -0.25) is 14.4 Å². The molecule has 2 aliphatic heterocycles. The van der Waals surface area contributed by atoms with E-state index >= 15 is 0 Å². The van der Waals surface area contributed by atoms with Gasteiger partial charge in [-0.05, 0) is 44.7 Å². The van der Waals surface area contributed by atoms with E-state index in [0.717, 1.165) is 16.0 Å². The standard InChI is InChI=1S/C28H32N2O6/c1-27(2,3)36-26(34)29-18-21-17-28(25(33)35-4,16-20-13-9-6-10-14-20)24(32)30(21)22(23(29)31)15-19-11-7-5-8-12-19/h5-14,21-22H,15-18H2,1-4H3/t21-,22+,28-/m1/s1. The highest BCUT2D eigenvalue weighted by molar-refractivity contribution is 6.08. The molecule has 0 aliphatic carbocycles. The fourth-order valence-corrected chi connectivity index (χ4v) is 5.18. The van der Waals surface area contributed by atoms with Crippen molar-refractivity contribution in [1.82, 2.24) is 9.80 Å².